The average Bonchev–Trinajstić information content (AvgIpc) is 3.13. The lowest BCUT2D eigenvalue weighted by atomic mass is 9.95. The molecule has 1 amide bonds. The van der Waals surface area contributed by atoms with Gasteiger partial charge < -0.3 is 14.9 Å². The predicted molar refractivity (Wildman–Crippen MR) is 104 cm³/mol. The van der Waals surface area contributed by atoms with Gasteiger partial charge in [-0.05, 0) is 44.1 Å². The van der Waals surface area contributed by atoms with Crippen molar-refractivity contribution in [1.82, 2.24) is 19.9 Å². The number of hydrogen-bond acceptors (Lipinski definition) is 7. The summed E-state index contributed by atoms with van der Waals surface area (Å²) < 4.78 is 6.73. The predicted octanol–water partition coefficient (Wildman–Crippen LogP) is 3.24. The number of amides is 1. The van der Waals surface area contributed by atoms with Crippen molar-refractivity contribution >= 4 is 28.2 Å². The Morgan fingerprint density at radius 1 is 1.31 bits per heavy atom. The minimum absolute atomic E-state index is 0.0153. The Hall–Kier alpha value is -3.01. The van der Waals surface area contributed by atoms with E-state index in [1.165, 1.54) is 34.1 Å². The van der Waals surface area contributed by atoms with Gasteiger partial charge in [-0.15, -0.1) is 11.3 Å². The summed E-state index contributed by atoms with van der Waals surface area (Å²) in [5, 5.41) is 20.9. The molecule has 29 heavy (non-hydrogen) atoms. The second-order valence-electron chi connectivity index (χ2n) is 7.44. The van der Waals surface area contributed by atoms with Gasteiger partial charge in [0.05, 0.1) is 17.3 Å². The molecule has 5 rings (SSSR count). The molecule has 150 valence electrons. The van der Waals surface area contributed by atoms with Crippen molar-refractivity contribution in [3.63, 3.8) is 0 Å². The van der Waals surface area contributed by atoms with Crippen molar-refractivity contribution in [1.29, 1.82) is 0 Å². The average molecular weight is 413 g/mol. The summed E-state index contributed by atoms with van der Waals surface area (Å²) in [6.45, 7) is 0. The van der Waals surface area contributed by atoms with Crippen LogP contribution in [-0.4, -0.2) is 36.9 Å². The molecular weight excluding hydrogens is 394 g/mol. The van der Waals surface area contributed by atoms with Gasteiger partial charge >= 0.3 is 5.97 Å². The molecule has 0 spiro atoms. The first-order valence-electron chi connectivity index (χ1n) is 9.58. The van der Waals surface area contributed by atoms with Crippen LogP contribution in [-0.2, 0) is 19.9 Å². The Kier molecular flexibility index (Phi) is 4.23. The number of rotatable bonds is 5. The molecule has 2 aliphatic rings. The van der Waals surface area contributed by atoms with Gasteiger partial charge in [-0.3, -0.25) is 9.48 Å². The maximum Gasteiger partial charge on any atom is 0.354 e. The van der Waals surface area contributed by atoms with Crippen molar-refractivity contribution in [3.8, 4) is 11.5 Å². The zero-order valence-electron chi connectivity index (χ0n) is 15.8. The third-order valence-corrected chi connectivity index (χ3v) is 6.59. The van der Waals surface area contributed by atoms with E-state index < -0.39 is 11.9 Å². The monoisotopic (exact) mass is 413 g/mol. The Morgan fingerprint density at radius 2 is 2.10 bits per heavy atom. The van der Waals surface area contributed by atoms with Gasteiger partial charge in [0.15, 0.2) is 11.5 Å². The number of anilines is 1. The molecule has 0 unspecified atom stereocenters. The molecular formula is C19H19N5O4S. The van der Waals surface area contributed by atoms with Crippen molar-refractivity contribution in [2.75, 3.05) is 5.32 Å². The molecule has 10 heteroatoms. The van der Waals surface area contributed by atoms with E-state index >= 15 is 0 Å². The van der Waals surface area contributed by atoms with Gasteiger partial charge in [-0.1, -0.05) is 5.16 Å². The summed E-state index contributed by atoms with van der Waals surface area (Å²) in [4.78, 5) is 30.2. The highest BCUT2D eigenvalue weighted by molar-refractivity contribution is 7.17. The van der Waals surface area contributed by atoms with Crippen LogP contribution < -0.4 is 5.32 Å². The molecule has 3 aromatic rings. The number of aromatic nitrogens is 4. The molecule has 0 saturated heterocycles. The lowest BCUT2D eigenvalue weighted by Gasteiger charge is -2.11. The highest BCUT2D eigenvalue weighted by Gasteiger charge is 2.32. The molecule has 2 aliphatic carbocycles. The number of carboxylic acids is 1. The Morgan fingerprint density at radius 3 is 2.86 bits per heavy atom. The van der Waals surface area contributed by atoms with Crippen LogP contribution in [0.25, 0.3) is 11.5 Å². The molecule has 0 aromatic carbocycles. The van der Waals surface area contributed by atoms with E-state index in [1.54, 1.807) is 0 Å². The molecule has 2 N–H and O–H groups in total. The van der Waals surface area contributed by atoms with Crippen LogP contribution in [0, 0.1) is 0 Å². The molecule has 0 radical (unpaired) electrons. The molecule has 3 aromatic heterocycles. The molecule has 0 aliphatic heterocycles. The van der Waals surface area contributed by atoms with Crippen molar-refractivity contribution < 1.29 is 19.2 Å². The van der Waals surface area contributed by atoms with E-state index in [0.717, 1.165) is 49.7 Å². The number of aryl methyl sites for hydroxylation is 2. The number of hydrogen-bond donors (Lipinski definition) is 2. The molecule has 1 saturated carbocycles. The first-order chi connectivity index (χ1) is 14.0. The minimum Gasteiger partial charge on any atom is -0.477 e. The Labute approximate surface area is 169 Å². The summed E-state index contributed by atoms with van der Waals surface area (Å²) >= 11 is 1.50. The lowest BCUT2D eigenvalue weighted by Crippen LogP contribution is -2.17. The van der Waals surface area contributed by atoms with Crippen LogP contribution >= 0.6 is 11.3 Å². The number of nitrogens with zero attached hydrogens (tertiary/aromatic N) is 4. The molecule has 0 atom stereocenters. The van der Waals surface area contributed by atoms with Crippen molar-refractivity contribution in [3.05, 3.63) is 33.7 Å². The summed E-state index contributed by atoms with van der Waals surface area (Å²) in [5.74, 6) is -0.211. The third kappa shape index (κ3) is 3.13. The van der Waals surface area contributed by atoms with Gasteiger partial charge in [0, 0.05) is 17.8 Å². The number of fused-ring (bicyclic) bond motifs is 1. The van der Waals surface area contributed by atoms with E-state index in [1.807, 2.05) is 0 Å². The molecule has 0 bridgehead atoms. The van der Waals surface area contributed by atoms with Crippen LogP contribution in [0.5, 0.6) is 0 Å². The van der Waals surface area contributed by atoms with Crippen LogP contribution in [0.15, 0.2) is 10.7 Å². The van der Waals surface area contributed by atoms with E-state index in [0.29, 0.717) is 22.6 Å². The maximum absolute atomic E-state index is 12.9. The van der Waals surface area contributed by atoms with Crippen LogP contribution in [0.3, 0.4) is 0 Å². The quantitative estimate of drug-likeness (QED) is 0.658. The van der Waals surface area contributed by atoms with E-state index in [9.17, 15) is 14.7 Å². The van der Waals surface area contributed by atoms with Crippen LogP contribution in [0.2, 0.25) is 0 Å². The second kappa shape index (κ2) is 6.80. The summed E-state index contributed by atoms with van der Waals surface area (Å²) in [6, 6.07) is 0. The third-order valence-electron chi connectivity index (χ3n) is 5.38. The summed E-state index contributed by atoms with van der Waals surface area (Å²) in [6.07, 6.45) is 7.42. The van der Waals surface area contributed by atoms with Gasteiger partial charge in [0.1, 0.15) is 5.00 Å². The number of carbonyl (C=O) groups is 2. The second-order valence-corrected chi connectivity index (χ2v) is 8.54. The Balaban J connectivity index is 1.53. The van der Waals surface area contributed by atoms with E-state index in [-0.39, 0.29) is 11.3 Å². The normalized spacial score (nSPS) is 15.9. The topological polar surface area (TPSA) is 123 Å². The van der Waals surface area contributed by atoms with E-state index in [4.69, 9.17) is 4.52 Å². The fourth-order valence-corrected chi connectivity index (χ4v) is 5.03. The van der Waals surface area contributed by atoms with Gasteiger partial charge in [0.2, 0.25) is 0 Å². The number of aromatic carboxylic acids is 1. The highest BCUT2D eigenvalue weighted by atomic mass is 32.1. The zero-order valence-corrected chi connectivity index (χ0v) is 16.6. The number of thiophene rings is 1. The first kappa shape index (κ1) is 18.0. The van der Waals surface area contributed by atoms with Crippen molar-refractivity contribution in [2.24, 2.45) is 7.05 Å². The summed E-state index contributed by atoms with van der Waals surface area (Å²) in [7, 11) is 1.49. The number of nitrogens with one attached hydrogen (secondary N) is 1. The van der Waals surface area contributed by atoms with Gasteiger partial charge in [0.25, 0.3) is 11.8 Å². The zero-order chi connectivity index (χ0) is 20.1. The number of carbonyl (C=O) groups excluding carboxylic acids is 1. The largest absolute Gasteiger partial charge is 0.477 e. The molecule has 1 fully saturated rings. The van der Waals surface area contributed by atoms with Gasteiger partial charge in [-0.25, -0.2) is 4.79 Å². The number of carboxylic acid groups (broad SMARTS) is 1. The maximum atomic E-state index is 12.9. The minimum atomic E-state index is -1.20. The fraction of sp³-hybridized carbons (Fsp3) is 0.421. The van der Waals surface area contributed by atoms with Crippen LogP contribution in [0.4, 0.5) is 5.00 Å². The summed E-state index contributed by atoms with van der Waals surface area (Å²) in [5.41, 5.74) is 1.78. The van der Waals surface area contributed by atoms with E-state index in [2.05, 4.69) is 20.6 Å². The first-order valence-corrected chi connectivity index (χ1v) is 10.4. The SMILES string of the molecule is Cn1ncc(C(=O)Nc2sc3c(c2-c2nc(C4CC4)no2)CCCC3)c1C(=O)O. The standard InChI is InChI=1S/C19H19N5O4S/c1-24-14(19(26)27)11(8-20-24)16(25)22-18-13(10-4-2-3-5-12(10)29-18)17-21-15(23-28-17)9-6-7-9/h8-9H,2-7H2,1H3,(H,22,25)(H,26,27). The lowest BCUT2D eigenvalue weighted by molar-refractivity contribution is 0.0680. The molecule has 9 nitrogen and oxygen atoms in total. The Bertz CT molecular complexity index is 1120. The van der Waals surface area contributed by atoms with Crippen LogP contribution in [0.1, 0.15) is 68.7 Å². The fourth-order valence-electron chi connectivity index (χ4n) is 3.75. The molecule has 3 heterocycles. The van der Waals surface area contributed by atoms with Gasteiger partial charge in [-0.2, -0.15) is 10.1 Å². The highest BCUT2D eigenvalue weighted by Crippen LogP contribution is 2.45. The smallest absolute Gasteiger partial charge is 0.354 e. The van der Waals surface area contributed by atoms with Crippen molar-refractivity contribution in [2.45, 2.75) is 44.4 Å².